The number of rotatable bonds is 4. The lowest BCUT2D eigenvalue weighted by Gasteiger charge is -2.18. The van der Waals surface area contributed by atoms with Crippen molar-refractivity contribution in [3.05, 3.63) is 53.8 Å². The topological polar surface area (TPSA) is 61.4 Å². The summed E-state index contributed by atoms with van der Waals surface area (Å²) in [6.45, 7) is 1.99. The Balaban J connectivity index is 1.68. The Bertz CT molecular complexity index is 792. The molecule has 2 N–H and O–H groups in total. The van der Waals surface area contributed by atoms with Crippen molar-refractivity contribution in [2.45, 2.75) is 13.3 Å². The SMILES string of the molecule is CC(=O)Nc1ccc(F)c(NCC(=O)N2CCc3ccccc32)c1. The van der Waals surface area contributed by atoms with Crippen molar-refractivity contribution in [1.29, 1.82) is 0 Å². The van der Waals surface area contributed by atoms with Gasteiger partial charge in [-0.25, -0.2) is 4.39 Å². The second-order valence-electron chi connectivity index (χ2n) is 5.65. The fourth-order valence-corrected chi connectivity index (χ4v) is 2.81. The van der Waals surface area contributed by atoms with Crippen LogP contribution in [0.15, 0.2) is 42.5 Å². The summed E-state index contributed by atoms with van der Waals surface area (Å²) in [4.78, 5) is 25.2. The molecule has 6 heteroatoms. The highest BCUT2D eigenvalue weighted by Crippen LogP contribution is 2.27. The Labute approximate surface area is 139 Å². The Hall–Kier alpha value is -2.89. The van der Waals surface area contributed by atoms with Crippen LogP contribution in [0.1, 0.15) is 12.5 Å². The minimum Gasteiger partial charge on any atom is -0.374 e. The van der Waals surface area contributed by atoms with E-state index in [2.05, 4.69) is 10.6 Å². The Morgan fingerprint density at radius 3 is 2.79 bits per heavy atom. The van der Waals surface area contributed by atoms with Crippen molar-refractivity contribution in [2.24, 2.45) is 0 Å². The molecule has 0 bridgehead atoms. The van der Waals surface area contributed by atoms with E-state index >= 15 is 0 Å². The fraction of sp³-hybridized carbons (Fsp3) is 0.222. The summed E-state index contributed by atoms with van der Waals surface area (Å²) >= 11 is 0. The van der Waals surface area contributed by atoms with Crippen LogP contribution in [0.2, 0.25) is 0 Å². The van der Waals surface area contributed by atoms with Gasteiger partial charge in [-0.05, 0) is 36.2 Å². The van der Waals surface area contributed by atoms with E-state index in [1.54, 1.807) is 4.90 Å². The monoisotopic (exact) mass is 327 g/mol. The Kier molecular flexibility index (Phi) is 4.46. The maximum Gasteiger partial charge on any atom is 0.246 e. The van der Waals surface area contributed by atoms with Crippen molar-refractivity contribution < 1.29 is 14.0 Å². The van der Waals surface area contributed by atoms with Crippen LogP contribution in [-0.2, 0) is 16.0 Å². The standard InChI is InChI=1S/C18H18FN3O2/c1-12(23)21-14-6-7-15(19)16(10-14)20-11-18(24)22-9-8-13-4-2-3-5-17(13)22/h2-7,10,20H,8-9,11H2,1H3,(H,21,23). The van der Waals surface area contributed by atoms with Crippen LogP contribution in [0.25, 0.3) is 0 Å². The smallest absolute Gasteiger partial charge is 0.246 e. The van der Waals surface area contributed by atoms with Crippen LogP contribution < -0.4 is 15.5 Å². The number of fused-ring (bicyclic) bond motifs is 1. The average Bonchev–Trinajstić information content (AvgIpc) is 2.98. The number of anilines is 3. The summed E-state index contributed by atoms with van der Waals surface area (Å²) in [5.74, 6) is -0.833. The summed E-state index contributed by atoms with van der Waals surface area (Å²) in [5.41, 5.74) is 2.72. The molecule has 2 aromatic carbocycles. The number of amides is 2. The molecule has 24 heavy (non-hydrogen) atoms. The molecule has 0 saturated carbocycles. The number of carbonyl (C=O) groups is 2. The third kappa shape index (κ3) is 3.37. The van der Waals surface area contributed by atoms with E-state index in [1.165, 1.54) is 25.1 Å². The number of carbonyl (C=O) groups excluding carboxylic acids is 2. The molecule has 0 fully saturated rings. The zero-order valence-electron chi connectivity index (χ0n) is 13.3. The van der Waals surface area contributed by atoms with E-state index in [9.17, 15) is 14.0 Å². The number of benzene rings is 2. The molecule has 3 rings (SSSR count). The van der Waals surface area contributed by atoms with Gasteiger partial charge < -0.3 is 15.5 Å². The van der Waals surface area contributed by atoms with Gasteiger partial charge in [0.25, 0.3) is 0 Å². The van der Waals surface area contributed by atoms with Crippen molar-refractivity contribution in [3.8, 4) is 0 Å². The molecule has 0 unspecified atom stereocenters. The van der Waals surface area contributed by atoms with E-state index in [1.807, 2.05) is 24.3 Å². The summed E-state index contributed by atoms with van der Waals surface area (Å²) in [6.07, 6.45) is 0.828. The van der Waals surface area contributed by atoms with E-state index in [0.717, 1.165) is 17.7 Å². The lowest BCUT2D eigenvalue weighted by molar-refractivity contribution is -0.117. The second-order valence-corrected chi connectivity index (χ2v) is 5.65. The molecule has 0 aromatic heterocycles. The third-order valence-corrected chi connectivity index (χ3v) is 3.91. The number of halogens is 1. The molecule has 0 radical (unpaired) electrons. The quantitative estimate of drug-likeness (QED) is 0.908. The van der Waals surface area contributed by atoms with Gasteiger partial charge in [-0.2, -0.15) is 0 Å². The molecule has 1 heterocycles. The van der Waals surface area contributed by atoms with Gasteiger partial charge in [0.15, 0.2) is 0 Å². The Morgan fingerprint density at radius 1 is 1.21 bits per heavy atom. The van der Waals surface area contributed by atoms with Gasteiger partial charge in [-0.15, -0.1) is 0 Å². The molecular weight excluding hydrogens is 309 g/mol. The third-order valence-electron chi connectivity index (χ3n) is 3.91. The maximum atomic E-state index is 13.9. The van der Waals surface area contributed by atoms with Gasteiger partial charge in [0.1, 0.15) is 5.82 Å². The first-order chi connectivity index (χ1) is 11.5. The number of nitrogens with zero attached hydrogens (tertiary/aromatic N) is 1. The van der Waals surface area contributed by atoms with Crippen molar-refractivity contribution in [2.75, 3.05) is 28.6 Å². The zero-order chi connectivity index (χ0) is 17.1. The lowest BCUT2D eigenvalue weighted by Crippen LogP contribution is -2.34. The lowest BCUT2D eigenvalue weighted by atomic mass is 10.2. The normalized spacial score (nSPS) is 12.7. The predicted octanol–water partition coefficient (Wildman–Crippen LogP) is 2.79. The highest BCUT2D eigenvalue weighted by molar-refractivity contribution is 5.98. The molecule has 2 amide bonds. The van der Waals surface area contributed by atoms with Crippen LogP contribution in [0.3, 0.4) is 0 Å². The highest BCUT2D eigenvalue weighted by atomic mass is 19.1. The first kappa shape index (κ1) is 16.0. The molecule has 2 aromatic rings. The molecule has 1 aliphatic heterocycles. The van der Waals surface area contributed by atoms with Crippen LogP contribution in [0.5, 0.6) is 0 Å². The van der Waals surface area contributed by atoms with Crippen LogP contribution >= 0.6 is 0 Å². The van der Waals surface area contributed by atoms with Gasteiger partial charge in [0, 0.05) is 24.8 Å². The zero-order valence-corrected chi connectivity index (χ0v) is 13.3. The predicted molar refractivity (Wildman–Crippen MR) is 91.7 cm³/mol. The van der Waals surface area contributed by atoms with E-state index < -0.39 is 5.82 Å². The minimum absolute atomic E-state index is 0.0191. The van der Waals surface area contributed by atoms with Crippen LogP contribution in [0, 0.1) is 5.82 Å². The largest absolute Gasteiger partial charge is 0.374 e. The maximum absolute atomic E-state index is 13.9. The van der Waals surface area contributed by atoms with Gasteiger partial charge in [-0.3, -0.25) is 9.59 Å². The number of hydrogen-bond donors (Lipinski definition) is 2. The van der Waals surface area contributed by atoms with E-state index in [4.69, 9.17) is 0 Å². The molecular formula is C18H18FN3O2. The van der Waals surface area contributed by atoms with Gasteiger partial charge in [0.05, 0.1) is 12.2 Å². The second kappa shape index (κ2) is 6.70. The summed E-state index contributed by atoms with van der Waals surface area (Å²) in [6, 6.07) is 12.0. The number of hydrogen-bond acceptors (Lipinski definition) is 3. The number of para-hydroxylation sites is 1. The summed E-state index contributed by atoms with van der Waals surface area (Å²) in [5, 5.41) is 5.40. The molecule has 1 aliphatic rings. The van der Waals surface area contributed by atoms with Gasteiger partial charge in [-0.1, -0.05) is 18.2 Å². The first-order valence-electron chi connectivity index (χ1n) is 7.74. The fourth-order valence-electron chi connectivity index (χ4n) is 2.81. The number of nitrogens with one attached hydrogen (secondary N) is 2. The molecule has 124 valence electrons. The minimum atomic E-state index is -0.473. The van der Waals surface area contributed by atoms with Crippen molar-refractivity contribution in [1.82, 2.24) is 0 Å². The first-order valence-corrected chi connectivity index (χ1v) is 7.74. The van der Waals surface area contributed by atoms with Crippen molar-refractivity contribution in [3.63, 3.8) is 0 Å². The Morgan fingerprint density at radius 2 is 2.00 bits per heavy atom. The summed E-state index contributed by atoms with van der Waals surface area (Å²) < 4.78 is 13.9. The van der Waals surface area contributed by atoms with Crippen LogP contribution in [0.4, 0.5) is 21.5 Å². The summed E-state index contributed by atoms with van der Waals surface area (Å²) in [7, 11) is 0. The molecule has 0 saturated heterocycles. The van der Waals surface area contributed by atoms with Gasteiger partial charge >= 0.3 is 0 Å². The average molecular weight is 327 g/mol. The van der Waals surface area contributed by atoms with E-state index in [0.29, 0.717) is 12.2 Å². The molecule has 0 aliphatic carbocycles. The van der Waals surface area contributed by atoms with Crippen LogP contribution in [-0.4, -0.2) is 24.9 Å². The molecule has 0 atom stereocenters. The molecule has 5 nitrogen and oxygen atoms in total. The molecule has 0 spiro atoms. The van der Waals surface area contributed by atoms with Crippen molar-refractivity contribution >= 4 is 28.9 Å². The highest BCUT2D eigenvalue weighted by Gasteiger charge is 2.23. The van der Waals surface area contributed by atoms with Gasteiger partial charge in [0.2, 0.25) is 11.8 Å². The van der Waals surface area contributed by atoms with E-state index in [-0.39, 0.29) is 24.0 Å².